The number of carboxylic acids is 1. The summed E-state index contributed by atoms with van der Waals surface area (Å²) in [6.45, 7) is 0.983. The van der Waals surface area contributed by atoms with Gasteiger partial charge in [-0.2, -0.15) is 0 Å². The Morgan fingerprint density at radius 3 is 2.83 bits per heavy atom. The van der Waals surface area contributed by atoms with Crippen LogP contribution in [0.4, 0.5) is 8.78 Å². The molecule has 1 aliphatic heterocycles. The Morgan fingerprint density at radius 1 is 1.33 bits per heavy atom. The summed E-state index contributed by atoms with van der Waals surface area (Å²) in [7, 11) is 0. The zero-order valence-corrected chi connectivity index (χ0v) is 12.7. The van der Waals surface area contributed by atoms with Crippen molar-refractivity contribution in [2.45, 2.75) is 12.1 Å². The van der Waals surface area contributed by atoms with Crippen molar-refractivity contribution in [2.24, 2.45) is 0 Å². The van der Waals surface area contributed by atoms with Crippen LogP contribution in [0.25, 0.3) is 0 Å². The van der Waals surface area contributed by atoms with Gasteiger partial charge in [-0.1, -0.05) is 12.1 Å². The molecular weight excluding hydrogens is 318 g/mol. The van der Waals surface area contributed by atoms with Gasteiger partial charge in [0, 0.05) is 25.5 Å². The Bertz CT molecular complexity index is 727. The van der Waals surface area contributed by atoms with Crippen LogP contribution in [0.3, 0.4) is 0 Å². The predicted molar refractivity (Wildman–Crippen MR) is 81.2 cm³/mol. The molecule has 2 unspecified atom stereocenters. The number of halogens is 2. The molecule has 1 saturated heterocycles. The van der Waals surface area contributed by atoms with Crippen molar-refractivity contribution in [3.8, 4) is 0 Å². The summed E-state index contributed by atoms with van der Waals surface area (Å²) < 4.78 is 32.1. The van der Waals surface area contributed by atoms with E-state index in [1.807, 2.05) is 0 Å². The number of rotatable bonds is 4. The number of carbonyl (C=O) groups is 1. The molecule has 2 heterocycles. The van der Waals surface area contributed by atoms with Gasteiger partial charge in [0.2, 0.25) is 0 Å². The third-order valence-corrected chi connectivity index (χ3v) is 4.01. The molecule has 1 aromatic carbocycles. The van der Waals surface area contributed by atoms with Crippen LogP contribution >= 0.6 is 0 Å². The van der Waals surface area contributed by atoms with E-state index < -0.39 is 29.7 Å². The van der Waals surface area contributed by atoms with Crippen molar-refractivity contribution < 1.29 is 23.4 Å². The number of ether oxygens (including phenoxy) is 1. The Kier molecular flexibility index (Phi) is 4.82. The molecule has 1 N–H and O–H groups in total. The van der Waals surface area contributed by atoms with Crippen LogP contribution in [-0.2, 0) is 9.53 Å². The van der Waals surface area contributed by atoms with E-state index in [9.17, 15) is 18.7 Å². The lowest BCUT2D eigenvalue weighted by molar-refractivity contribution is -0.147. The largest absolute Gasteiger partial charge is 0.480 e. The minimum Gasteiger partial charge on any atom is -0.480 e. The van der Waals surface area contributed by atoms with Gasteiger partial charge in [0.25, 0.3) is 0 Å². The Balaban J connectivity index is 1.83. The Hall–Kier alpha value is -2.38. The van der Waals surface area contributed by atoms with Gasteiger partial charge in [0.15, 0.2) is 11.6 Å². The summed E-state index contributed by atoms with van der Waals surface area (Å²) in [5.74, 6) is -2.87. The summed E-state index contributed by atoms with van der Waals surface area (Å²) in [5, 5.41) is 9.60. The van der Waals surface area contributed by atoms with Crippen LogP contribution in [0.5, 0.6) is 0 Å². The lowest BCUT2D eigenvalue weighted by Gasteiger charge is -2.36. The van der Waals surface area contributed by atoms with Crippen LogP contribution in [0.15, 0.2) is 42.7 Å². The number of carboxylic acid groups (broad SMARTS) is 1. The third kappa shape index (κ3) is 3.42. The fourth-order valence-corrected chi connectivity index (χ4v) is 2.87. The van der Waals surface area contributed by atoms with E-state index in [1.165, 1.54) is 12.3 Å². The number of morpholine rings is 1. The molecule has 0 radical (unpaired) electrons. The highest BCUT2D eigenvalue weighted by Crippen LogP contribution is 2.29. The van der Waals surface area contributed by atoms with E-state index in [0.29, 0.717) is 24.3 Å². The van der Waals surface area contributed by atoms with Crippen molar-refractivity contribution in [3.05, 3.63) is 65.5 Å². The summed E-state index contributed by atoms with van der Waals surface area (Å²) >= 11 is 0. The molecule has 0 spiro atoms. The number of benzene rings is 1. The highest BCUT2D eigenvalue weighted by atomic mass is 19.2. The molecule has 0 amide bonds. The lowest BCUT2D eigenvalue weighted by atomic mass is 10.0. The second-order valence-electron chi connectivity index (χ2n) is 5.56. The van der Waals surface area contributed by atoms with Crippen LogP contribution in [0.2, 0.25) is 0 Å². The van der Waals surface area contributed by atoms with Gasteiger partial charge in [0.1, 0.15) is 6.04 Å². The molecule has 3 rings (SSSR count). The van der Waals surface area contributed by atoms with E-state index >= 15 is 0 Å². The van der Waals surface area contributed by atoms with Crippen molar-refractivity contribution in [1.29, 1.82) is 0 Å². The minimum atomic E-state index is -0.992. The smallest absolute Gasteiger partial charge is 0.325 e. The van der Waals surface area contributed by atoms with E-state index in [1.54, 1.807) is 23.2 Å². The third-order valence-electron chi connectivity index (χ3n) is 4.01. The first-order valence-electron chi connectivity index (χ1n) is 7.49. The minimum absolute atomic E-state index is 0.261. The number of hydrogen-bond acceptors (Lipinski definition) is 4. The van der Waals surface area contributed by atoms with Gasteiger partial charge in [-0.25, -0.2) is 8.78 Å². The molecule has 1 aliphatic rings. The average Bonchev–Trinajstić information content (AvgIpc) is 2.58. The lowest BCUT2D eigenvalue weighted by Crippen LogP contribution is -2.43. The van der Waals surface area contributed by atoms with Gasteiger partial charge in [-0.3, -0.25) is 14.7 Å². The standard InChI is InChI=1S/C17H16F2N2O3/c18-13-4-3-11(8-14(13)19)15-10-21(6-7-24-15)16(17(22)23)12-2-1-5-20-9-12/h1-5,8-9,15-16H,6-7,10H2,(H,22,23). The van der Waals surface area contributed by atoms with E-state index in [0.717, 1.165) is 12.1 Å². The first-order valence-corrected chi connectivity index (χ1v) is 7.49. The van der Waals surface area contributed by atoms with Crippen molar-refractivity contribution >= 4 is 5.97 Å². The molecule has 1 fully saturated rings. The van der Waals surface area contributed by atoms with E-state index in [4.69, 9.17) is 4.74 Å². The average molecular weight is 334 g/mol. The zero-order chi connectivity index (χ0) is 17.1. The van der Waals surface area contributed by atoms with Crippen LogP contribution in [0, 0.1) is 11.6 Å². The molecule has 7 heteroatoms. The number of nitrogens with zero attached hydrogens (tertiary/aromatic N) is 2. The van der Waals surface area contributed by atoms with Gasteiger partial charge < -0.3 is 9.84 Å². The van der Waals surface area contributed by atoms with Crippen molar-refractivity contribution in [3.63, 3.8) is 0 Å². The van der Waals surface area contributed by atoms with Gasteiger partial charge in [0.05, 0.1) is 12.7 Å². The van der Waals surface area contributed by atoms with Gasteiger partial charge in [-0.15, -0.1) is 0 Å². The topological polar surface area (TPSA) is 62.7 Å². The summed E-state index contributed by atoms with van der Waals surface area (Å²) in [4.78, 5) is 17.4. The molecule has 2 atom stereocenters. The first-order chi connectivity index (χ1) is 11.6. The van der Waals surface area contributed by atoms with Crippen molar-refractivity contribution in [2.75, 3.05) is 19.7 Å². The fraction of sp³-hybridized carbons (Fsp3) is 0.294. The Labute approximate surface area is 137 Å². The number of aromatic nitrogens is 1. The monoisotopic (exact) mass is 334 g/mol. The molecule has 0 aliphatic carbocycles. The molecule has 0 bridgehead atoms. The second kappa shape index (κ2) is 7.02. The normalized spacial score (nSPS) is 19.8. The highest BCUT2D eigenvalue weighted by Gasteiger charge is 2.33. The van der Waals surface area contributed by atoms with Crippen LogP contribution in [0.1, 0.15) is 23.3 Å². The molecule has 126 valence electrons. The fourth-order valence-electron chi connectivity index (χ4n) is 2.87. The summed E-state index contributed by atoms with van der Waals surface area (Å²) in [6.07, 6.45) is 2.57. The quantitative estimate of drug-likeness (QED) is 0.931. The Morgan fingerprint density at radius 2 is 2.17 bits per heavy atom. The second-order valence-corrected chi connectivity index (χ2v) is 5.56. The van der Waals surface area contributed by atoms with E-state index in [2.05, 4.69) is 4.98 Å². The summed E-state index contributed by atoms with van der Waals surface area (Å²) in [6, 6.07) is 6.10. The molecule has 5 nitrogen and oxygen atoms in total. The van der Waals surface area contributed by atoms with Crippen molar-refractivity contribution in [1.82, 2.24) is 9.88 Å². The van der Waals surface area contributed by atoms with Gasteiger partial charge >= 0.3 is 5.97 Å². The number of hydrogen-bond donors (Lipinski definition) is 1. The SMILES string of the molecule is O=C(O)C(c1cccnc1)N1CCOC(c2ccc(F)c(F)c2)C1. The highest BCUT2D eigenvalue weighted by molar-refractivity contribution is 5.75. The molecular formula is C17H16F2N2O3. The number of aliphatic carboxylic acids is 1. The molecule has 2 aromatic rings. The maximum atomic E-state index is 13.4. The summed E-state index contributed by atoms with van der Waals surface area (Å²) in [5.41, 5.74) is 1.05. The molecule has 24 heavy (non-hydrogen) atoms. The predicted octanol–water partition coefficient (Wildman–Crippen LogP) is 2.56. The molecule has 1 aromatic heterocycles. The van der Waals surface area contributed by atoms with Gasteiger partial charge in [-0.05, 0) is 29.3 Å². The number of pyridine rings is 1. The van der Waals surface area contributed by atoms with Crippen LogP contribution < -0.4 is 0 Å². The molecule has 0 saturated carbocycles. The first kappa shape index (κ1) is 16.5. The van der Waals surface area contributed by atoms with E-state index in [-0.39, 0.29) is 6.54 Å². The van der Waals surface area contributed by atoms with Crippen LogP contribution in [-0.4, -0.2) is 40.7 Å². The zero-order valence-electron chi connectivity index (χ0n) is 12.7. The maximum Gasteiger partial charge on any atom is 0.325 e. The maximum absolute atomic E-state index is 13.4.